The summed E-state index contributed by atoms with van der Waals surface area (Å²) in [6, 6.07) is 21.0. The van der Waals surface area contributed by atoms with E-state index in [1.54, 1.807) is 0 Å². The standard InChI is InChI=1S/C37H52O3.C29H44O2/c1-21(25-18-29(35(5,6)7)32(38)15-22(25)2)14-28(26-19-30(36(8,9)10)33(39)16-23(26)3)27-20-31(37(11,12)13)34(40)17-24(27)4;1-26(2,3)20-14-18(15-21(24(20)30)27(4,5)6)13-19-16-22(28(7,8)9)25(31)23(17-19)29(10,11)12/h15-21,28,38-40H,14H2,1-13H3;14-17,30-31H,13H2,1-12H3. The Morgan fingerprint density at radius 3 is 0.789 bits per heavy atom. The highest BCUT2D eigenvalue weighted by atomic mass is 16.3. The Bertz CT molecular complexity index is 2500. The highest BCUT2D eigenvalue weighted by molar-refractivity contribution is 5.56. The Morgan fingerprint density at radius 2 is 0.549 bits per heavy atom. The second-order valence-electron chi connectivity index (χ2n) is 28.4. The molecule has 0 fully saturated rings. The van der Waals surface area contributed by atoms with Gasteiger partial charge in [0.15, 0.2) is 0 Å². The number of rotatable bonds is 7. The van der Waals surface area contributed by atoms with E-state index in [-0.39, 0.29) is 49.7 Å². The monoisotopic (exact) mass is 969 g/mol. The van der Waals surface area contributed by atoms with Crippen molar-refractivity contribution in [2.75, 3.05) is 0 Å². The fraction of sp³-hybridized carbons (Fsp3) is 0.545. The molecule has 5 rings (SSSR count). The van der Waals surface area contributed by atoms with Crippen LogP contribution in [0.25, 0.3) is 0 Å². The number of aryl methyl sites for hydroxylation is 3. The van der Waals surface area contributed by atoms with E-state index in [0.29, 0.717) is 28.7 Å². The molecule has 0 aliphatic carbocycles. The van der Waals surface area contributed by atoms with E-state index >= 15 is 0 Å². The topological polar surface area (TPSA) is 101 Å². The number of hydrogen-bond acceptors (Lipinski definition) is 5. The lowest BCUT2D eigenvalue weighted by molar-refractivity contribution is 0.422. The van der Waals surface area contributed by atoms with Crippen molar-refractivity contribution in [2.45, 2.75) is 236 Å². The van der Waals surface area contributed by atoms with Gasteiger partial charge in [-0.05, 0) is 179 Å². The maximum Gasteiger partial charge on any atom is 0.123 e. The summed E-state index contributed by atoms with van der Waals surface area (Å²) >= 11 is 0. The molecule has 5 nitrogen and oxygen atoms in total. The van der Waals surface area contributed by atoms with Crippen LogP contribution in [0.2, 0.25) is 0 Å². The predicted octanol–water partition coefficient (Wildman–Crippen LogP) is 17.8. The fourth-order valence-corrected chi connectivity index (χ4v) is 10.2. The quantitative estimate of drug-likeness (QED) is 0.112. The molecule has 0 aliphatic heterocycles. The van der Waals surface area contributed by atoms with Gasteiger partial charge in [0.1, 0.15) is 28.7 Å². The number of hydrogen-bond donors (Lipinski definition) is 5. The van der Waals surface area contributed by atoms with Crippen molar-refractivity contribution in [3.05, 3.63) is 144 Å². The summed E-state index contributed by atoms with van der Waals surface area (Å²) in [5.74, 6) is 2.10. The summed E-state index contributed by atoms with van der Waals surface area (Å²) in [6.07, 6.45) is 1.61. The van der Waals surface area contributed by atoms with Crippen molar-refractivity contribution >= 4 is 0 Å². The first-order valence-electron chi connectivity index (χ1n) is 26.1. The Morgan fingerprint density at radius 1 is 0.324 bits per heavy atom. The molecule has 5 heteroatoms. The zero-order valence-corrected chi connectivity index (χ0v) is 49.1. The van der Waals surface area contributed by atoms with Crippen LogP contribution >= 0.6 is 0 Å². The van der Waals surface area contributed by atoms with Gasteiger partial charge in [-0.15, -0.1) is 0 Å². The molecule has 0 bridgehead atoms. The predicted molar refractivity (Wildman–Crippen MR) is 303 cm³/mol. The smallest absolute Gasteiger partial charge is 0.123 e. The first-order valence-corrected chi connectivity index (χ1v) is 26.1. The lowest BCUT2D eigenvalue weighted by atomic mass is 9.74. The van der Waals surface area contributed by atoms with E-state index in [1.165, 1.54) is 27.8 Å². The van der Waals surface area contributed by atoms with Gasteiger partial charge >= 0.3 is 0 Å². The summed E-state index contributed by atoms with van der Waals surface area (Å²) in [4.78, 5) is 0. The SMILES string of the molecule is CC(C)(C)c1cc(Cc2cc(C(C)(C)C)c(O)c(C(C)(C)C)c2)cc(C(C)(C)C)c1O.Cc1cc(O)c(C(C)(C)C)cc1C(C)CC(c1cc(C(C)(C)C)c(O)cc1C)c1cc(C(C)(C)C)c(O)cc1C. The van der Waals surface area contributed by atoms with Crippen LogP contribution in [0.3, 0.4) is 0 Å². The second-order valence-corrected chi connectivity index (χ2v) is 28.4. The molecule has 0 saturated carbocycles. The minimum Gasteiger partial charge on any atom is -0.508 e. The highest BCUT2D eigenvalue weighted by Crippen LogP contribution is 2.47. The molecule has 71 heavy (non-hydrogen) atoms. The van der Waals surface area contributed by atoms with Crippen LogP contribution in [0.5, 0.6) is 28.7 Å². The minimum absolute atomic E-state index is 0.0460. The van der Waals surface area contributed by atoms with Crippen LogP contribution in [0.1, 0.15) is 254 Å². The van der Waals surface area contributed by atoms with Gasteiger partial charge < -0.3 is 25.5 Å². The molecule has 0 heterocycles. The Balaban J connectivity index is 0.000000319. The minimum atomic E-state index is -0.210. The Kier molecular flexibility index (Phi) is 16.7. The molecule has 0 amide bonds. The zero-order valence-electron chi connectivity index (χ0n) is 49.1. The summed E-state index contributed by atoms with van der Waals surface area (Å²) in [5.41, 5.74) is 14.8. The molecule has 390 valence electrons. The van der Waals surface area contributed by atoms with Gasteiger partial charge in [-0.2, -0.15) is 0 Å². The molecule has 5 aromatic rings. The van der Waals surface area contributed by atoms with Crippen molar-refractivity contribution in [1.29, 1.82) is 0 Å². The van der Waals surface area contributed by atoms with Crippen molar-refractivity contribution in [3.63, 3.8) is 0 Å². The molecule has 0 saturated heterocycles. The largest absolute Gasteiger partial charge is 0.508 e. The lowest BCUT2D eigenvalue weighted by Gasteiger charge is -2.31. The van der Waals surface area contributed by atoms with E-state index in [2.05, 4.69) is 216 Å². The number of phenols is 5. The summed E-state index contributed by atoms with van der Waals surface area (Å²) in [5, 5.41) is 54.7. The summed E-state index contributed by atoms with van der Waals surface area (Å²) in [7, 11) is 0. The van der Waals surface area contributed by atoms with Crippen LogP contribution in [-0.2, 0) is 44.3 Å². The van der Waals surface area contributed by atoms with Crippen molar-refractivity contribution in [2.24, 2.45) is 0 Å². The molecular weight excluding hydrogens is 873 g/mol. The van der Waals surface area contributed by atoms with Gasteiger partial charge in [-0.25, -0.2) is 0 Å². The van der Waals surface area contributed by atoms with Gasteiger partial charge in [0.25, 0.3) is 0 Å². The van der Waals surface area contributed by atoms with E-state index in [0.717, 1.165) is 68.5 Å². The Labute approximate surface area is 432 Å². The third kappa shape index (κ3) is 13.8. The maximum absolute atomic E-state index is 11.1. The highest BCUT2D eigenvalue weighted by Gasteiger charge is 2.32. The molecule has 5 N–H and O–H groups in total. The third-order valence-corrected chi connectivity index (χ3v) is 14.4. The Hall–Kier alpha value is -4.90. The van der Waals surface area contributed by atoms with Crippen molar-refractivity contribution in [3.8, 4) is 28.7 Å². The average molecular weight is 969 g/mol. The average Bonchev–Trinajstić information content (AvgIpc) is 3.15. The van der Waals surface area contributed by atoms with Crippen LogP contribution in [-0.4, -0.2) is 25.5 Å². The molecule has 1 unspecified atom stereocenters. The van der Waals surface area contributed by atoms with Crippen LogP contribution in [0.4, 0.5) is 0 Å². The molecule has 0 aliphatic rings. The van der Waals surface area contributed by atoms with E-state index in [1.807, 2.05) is 18.2 Å². The van der Waals surface area contributed by atoms with Crippen LogP contribution in [0, 0.1) is 20.8 Å². The third-order valence-electron chi connectivity index (χ3n) is 14.4. The molecular formula is C66H96O5. The second kappa shape index (κ2) is 20.2. The number of aromatic hydroxyl groups is 5. The molecule has 0 spiro atoms. The zero-order chi connectivity index (χ0) is 54.7. The van der Waals surface area contributed by atoms with E-state index < -0.39 is 0 Å². The van der Waals surface area contributed by atoms with Gasteiger partial charge in [0, 0.05) is 5.92 Å². The van der Waals surface area contributed by atoms with Crippen LogP contribution in [0.15, 0.2) is 60.7 Å². The molecule has 5 aromatic carbocycles. The maximum atomic E-state index is 11.1. The van der Waals surface area contributed by atoms with Crippen molar-refractivity contribution < 1.29 is 25.5 Å². The first kappa shape index (κ1) is 58.7. The van der Waals surface area contributed by atoms with E-state index in [9.17, 15) is 25.5 Å². The summed E-state index contributed by atoms with van der Waals surface area (Å²) < 4.78 is 0. The summed E-state index contributed by atoms with van der Waals surface area (Å²) in [6.45, 7) is 53.5. The molecule has 0 radical (unpaired) electrons. The normalized spacial score (nSPS) is 13.6. The van der Waals surface area contributed by atoms with Gasteiger partial charge in [0.2, 0.25) is 0 Å². The van der Waals surface area contributed by atoms with Crippen LogP contribution < -0.4 is 0 Å². The lowest BCUT2D eigenvalue weighted by Crippen LogP contribution is -2.19. The van der Waals surface area contributed by atoms with Gasteiger partial charge in [-0.3, -0.25) is 0 Å². The first-order chi connectivity index (χ1) is 31.8. The van der Waals surface area contributed by atoms with Gasteiger partial charge in [-0.1, -0.05) is 195 Å². The van der Waals surface area contributed by atoms with E-state index in [4.69, 9.17) is 0 Å². The molecule has 1 atom stereocenters. The van der Waals surface area contributed by atoms with Crippen molar-refractivity contribution in [1.82, 2.24) is 0 Å². The number of phenolic OH excluding ortho intramolecular Hbond substituents is 5. The van der Waals surface area contributed by atoms with Gasteiger partial charge in [0.05, 0.1) is 0 Å². The number of benzene rings is 5. The fourth-order valence-electron chi connectivity index (χ4n) is 10.2. The molecule has 0 aromatic heterocycles.